The third kappa shape index (κ3) is 24.0. The number of aliphatic hydroxyl groups excluding tert-OH is 1. The number of carboxylic acid groups (broad SMARTS) is 1. The normalized spacial score (nSPS) is 15.1. The average molecular weight is 1010 g/mol. The first-order valence-corrected chi connectivity index (χ1v) is 24.4. The summed E-state index contributed by atoms with van der Waals surface area (Å²) in [4.78, 5) is 113. The van der Waals surface area contributed by atoms with E-state index in [1.165, 1.54) is 31.2 Å². The van der Waals surface area contributed by atoms with E-state index in [0.717, 1.165) is 0 Å². The Morgan fingerprint density at radius 2 is 0.958 bits per heavy atom. The summed E-state index contributed by atoms with van der Waals surface area (Å²) in [6, 6.07) is -4.70. The molecule has 0 aromatic heterocycles. The van der Waals surface area contributed by atoms with Gasteiger partial charge in [-0.15, -0.1) is 0 Å². The van der Waals surface area contributed by atoms with E-state index in [4.69, 9.17) is 28.7 Å². The summed E-state index contributed by atoms with van der Waals surface area (Å²) in [5.74, 6) is -8.09. The highest BCUT2D eigenvalue weighted by molar-refractivity contribution is 5.98. The van der Waals surface area contributed by atoms with Gasteiger partial charge in [0.15, 0.2) is 5.96 Å². The molecule has 24 nitrogen and oxygen atoms in total. The minimum absolute atomic E-state index is 0.0120. The lowest BCUT2D eigenvalue weighted by atomic mass is 9.99. The molecule has 0 unspecified atom stereocenters. The zero-order valence-electron chi connectivity index (χ0n) is 42.4. The number of carboxylic acids is 1. The van der Waals surface area contributed by atoms with E-state index in [-0.39, 0.29) is 62.8 Å². The van der Waals surface area contributed by atoms with E-state index in [2.05, 4.69) is 42.2 Å². The van der Waals surface area contributed by atoms with Crippen molar-refractivity contribution in [1.29, 1.82) is 0 Å². The standard InChI is InChI=1S/C47H83N13O11/c1-25(2)23-31(50)39(63)58-36(26(3)4)44(68)55-34(15-12-22-53-47(51)52)41(65)57-35(24-29-16-18-30(62)19-17-29)43(67)60-38(28(7)61)45(69)56-32(13-8-10-20-48)40(64)54-33(14-9-11-21-49)42(66)59-37(27(5)6)46(70)71/h16-19,25-28,31-38,61-62H,8-15,20-24,48-50H2,1-7H3,(H,54,64)(H,55,68)(H,56,69)(H,57,65)(H,58,63)(H,59,66)(H,60,67)(H,70,71)(H4,51,52,53)/t28-,31+,32+,33+,34+,35+,36+,37+,38+/m1/s1. The summed E-state index contributed by atoms with van der Waals surface area (Å²) in [7, 11) is 0. The molecular weight excluding hydrogens is 923 g/mol. The van der Waals surface area contributed by atoms with Crippen LogP contribution in [0.3, 0.4) is 0 Å². The molecule has 0 radical (unpaired) electrons. The maximum Gasteiger partial charge on any atom is 0.326 e. The second kappa shape index (κ2) is 32.7. The Morgan fingerprint density at radius 1 is 0.549 bits per heavy atom. The molecular formula is C47H83N13O11. The molecule has 0 aliphatic carbocycles. The first-order valence-electron chi connectivity index (χ1n) is 24.4. The molecule has 71 heavy (non-hydrogen) atoms. The number of amides is 7. The zero-order chi connectivity index (χ0) is 54.0. The zero-order valence-corrected chi connectivity index (χ0v) is 42.4. The van der Waals surface area contributed by atoms with E-state index < -0.39 is 114 Å². The van der Waals surface area contributed by atoms with Gasteiger partial charge in [0.2, 0.25) is 41.4 Å². The monoisotopic (exact) mass is 1010 g/mol. The Labute approximate surface area is 417 Å². The summed E-state index contributed by atoms with van der Waals surface area (Å²) in [5.41, 5.74) is 28.9. The summed E-state index contributed by atoms with van der Waals surface area (Å²) in [6.07, 6.45) is 0.433. The topological polar surface area (TPSA) is 424 Å². The number of aromatic hydroxyl groups is 1. The molecule has 0 heterocycles. The predicted octanol–water partition coefficient (Wildman–Crippen LogP) is -2.21. The largest absolute Gasteiger partial charge is 0.508 e. The number of unbranched alkanes of at least 4 members (excludes halogenated alkanes) is 2. The fourth-order valence-corrected chi connectivity index (χ4v) is 7.28. The van der Waals surface area contributed by atoms with E-state index in [1.54, 1.807) is 27.7 Å². The van der Waals surface area contributed by atoms with Gasteiger partial charge in [0.25, 0.3) is 0 Å². The number of phenols is 1. The number of carbonyl (C=O) groups excluding carboxylic acids is 7. The second-order valence-electron chi connectivity index (χ2n) is 18.9. The van der Waals surface area contributed by atoms with Crippen molar-refractivity contribution >= 4 is 53.3 Å². The predicted molar refractivity (Wildman–Crippen MR) is 267 cm³/mol. The van der Waals surface area contributed by atoms with Crippen molar-refractivity contribution < 1.29 is 53.7 Å². The number of phenolic OH excluding ortho intramolecular Hbond substituents is 1. The van der Waals surface area contributed by atoms with Crippen molar-refractivity contribution in [1.82, 2.24) is 37.2 Å². The van der Waals surface area contributed by atoms with Crippen LogP contribution < -0.4 is 65.9 Å². The van der Waals surface area contributed by atoms with Gasteiger partial charge < -0.3 is 81.2 Å². The molecule has 0 aliphatic rings. The Bertz CT molecular complexity index is 1900. The van der Waals surface area contributed by atoms with Crippen LogP contribution in [0.15, 0.2) is 29.3 Å². The molecule has 1 aromatic carbocycles. The van der Waals surface area contributed by atoms with E-state index in [9.17, 15) is 53.7 Å². The van der Waals surface area contributed by atoms with Crippen molar-refractivity contribution in [3.8, 4) is 5.75 Å². The highest BCUT2D eigenvalue weighted by atomic mass is 16.4. The molecule has 24 heteroatoms. The number of hydrogen-bond donors (Lipinski definition) is 15. The van der Waals surface area contributed by atoms with E-state index in [1.807, 2.05) is 13.8 Å². The van der Waals surface area contributed by atoms with Gasteiger partial charge in [-0.2, -0.15) is 0 Å². The minimum atomic E-state index is -1.73. The van der Waals surface area contributed by atoms with Gasteiger partial charge in [-0.3, -0.25) is 38.6 Å². The molecule has 7 amide bonds. The fraction of sp³-hybridized carbons (Fsp3) is 0.681. The van der Waals surface area contributed by atoms with Crippen LogP contribution in [0.5, 0.6) is 5.75 Å². The number of aliphatic imine (C=N–C) groups is 1. The maximum atomic E-state index is 14.3. The molecule has 402 valence electrons. The second-order valence-corrected chi connectivity index (χ2v) is 18.9. The lowest BCUT2D eigenvalue weighted by Gasteiger charge is -2.29. The molecule has 1 aromatic rings. The van der Waals surface area contributed by atoms with Crippen molar-refractivity contribution in [2.45, 2.75) is 167 Å². The van der Waals surface area contributed by atoms with Crippen LogP contribution in [0.4, 0.5) is 0 Å². The lowest BCUT2D eigenvalue weighted by molar-refractivity contribution is -0.143. The Hall–Kier alpha value is -6.11. The smallest absolute Gasteiger partial charge is 0.326 e. The first-order chi connectivity index (χ1) is 33.3. The third-order valence-electron chi connectivity index (χ3n) is 11.3. The van der Waals surface area contributed by atoms with Gasteiger partial charge in [0.1, 0.15) is 48.0 Å². The van der Waals surface area contributed by atoms with Crippen molar-refractivity contribution in [2.24, 2.45) is 51.4 Å². The summed E-state index contributed by atoms with van der Waals surface area (Å²) in [6.45, 7) is 12.2. The molecule has 0 aliphatic heterocycles. The molecule has 0 spiro atoms. The van der Waals surface area contributed by atoms with Crippen LogP contribution >= 0.6 is 0 Å². The minimum Gasteiger partial charge on any atom is -0.508 e. The number of aliphatic hydroxyl groups is 1. The first kappa shape index (κ1) is 62.9. The number of nitrogens with one attached hydrogen (secondary N) is 7. The summed E-state index contributed by atoms with van der Waals surface area (Å²) >= 11 is 0. The molecule has 1 rings (SSSR count). The van der Waals surface area contributed by atoms with Gasteiger partial charge in [-0.1, -0.05) is 53.7 Å². The average Bonchev–Trinajstić information content (AvgIpc) is 3.28. The number of guanidine groups is 1. The molecule has 0 bridgehead atoms. The lowest BCUT2D eigenvalue weighted by Crippen LogP contribution is -2.62. The van der Waals surface area contributed by atoms with Gasteiger partial charge in [-0.05, 0) is 113 Å². The molecule has 9 atom stereocenters. The van der Waals surface area contributed by atoms with Crippen molar-refractivity contribution in [3.05, 3.63) is 29.8 Å². The number of aliphatic carboxylic acids is 1. The maximum absolute atomic E-state index is 14.3. The Morgan fingerprint density at radius 3 is 1.39 bits per heavy atom. The van der Waals surface area contributed by atoms with Crippen LogP contribution in [0.2, 0.25) is 0 Å². The number of hydrogen-bond acceptors (Lipinski definition) is 14. The molecule has 20 N–H and O–H groups in total. The van der Waals surface area contributed by atoms with Crippen molar-refractivity contribution in [2.75, 3.05) is 19.6 Å². The molecule has 0 saturated carbocycles. The number of rotatable bonds is 34. The van der Waals surface area contributed by atoms with Crippen LogP contribution in [0.25, 0.3) is 0 Å². The SMILES string of the molecule is CC(C)C[C@H](N)C(=O)N[C@H](C(=O)N[C@@H](CCCN=C(N)N)C(=O)N[C@@H](Cc1ccc(O)cc1)C(=O)N[C@H](C(=O)N[C@@H](CCCCN)C(=O)N[C@@H](CCCCN)C(=O)N[C@H](C(=O)O)C(C)C)[C@@H](C)O)C(C)C. The Balaban J connectivity index is 3.61. The van der Waals surface area contributed by atoms with Crippen LogP contribution in [0, 0.1) is 17.8 Å². The summed E-state index contributed by atoms with van der Waals surface area (Å²) < 4.78 is 0. The molecule has 0 fully saturated rings. The van der Waals surface area contributed by atoms with Gasteiger partial charge in [-0.25, -0.2) is 4.79 Å². The van der Waals surface area contributed by atoms with Crippen LogP contribution in [-0.2, 0) is 44.8 Å². The van der Waals surface area contributed by atoms with Crippen LogP contribution in [0.1, 0.15) is 112 Å². The fourth-order valence-electron chi connectivity index (χ4n) is 7.28. The Kier molecular flexibility index (Phi) is 29.0. The number of nitrogens with two attached hydrogens (primary N) is 5. The number of carbonyl (C=O) groups is 8. The summed E-state index contributed by atoms with van der Waals surface area (Å²) in [5, 5.41) is 48.8. The van der Waals surface area contributed by atoms with Gasteiger partial charge in [0, 0.05) is 13.0 Å². The van der Waals surface area contributed by atoms with Gasteiger partial charge in [0.05, 0.1) is 12.1 Å². The van der Waals surface area contributed by atoms with E-state index in [0.29, 0.717) is 44.2 Å². The number of benzene rings is 1. The quantitative estimate of drug-likeness (QED) is 0.0198. The number of nitrogens with zero attached hydrogens (tertiary/aromatic N) is 1. The highest BCUT2D eigenvalue weighted by Crippen LogP contribution is 2.14. The van der Waals surface area contributed by atoms with E-state index >= 15 is 0 Å². The van der Waals surface area contributed by atoms with Crippen molar-refractivity contribution in [3.63, 3.8) is 0 Å². The third-order valence-corrected chi connectivity index (χ3v) is 11.3. The highest BCUT2D eigenvalue weighted by Gasteiger charge is 2.36. The van der Waals surface area contributed by atoms with Crippen LogP contribution in [-0.4, -0.2) is 143 Å². The molecule has 0 saturated heterocycles. The van der Waals surface area contributed by atoms with Gasteiger partial charge >= 0.3 is 5.97 Å².